The minimum Gasteiger partial charge on any atom is -0.343 e. The minimum atomic E-state index is -3.81. The van der Waals surface area contributed by atoms with Gasteiger partial charge in [-0.1, -0.05) is 67.1 Å². The Morgan fingerprint density at radius 3 is 2.03 bits per heavy atom. The molecule has 0 aromatic heterocycles. The number of carbonyl (C=O) groups is 1. The highest BCUT2D eigenvalue weighted by atomic mass is 32.2. The number of hydrogen-bond acceptors (Lipinski definition) is 3. The fraction of sp³-hybridized carbons (Fsp3) is 0.240. The van der Waals surface area contributed by atoms with E-state index < -0.39 is 33.8 Å². The average molecular weight is 455 g/mol. The molecule has 0 unspecified atom stereocenters. The van der Waals surface area contributed by atoms with Crippen LogP contribution in [0.3, 0.4) is 0 Å². The molecule has 0 aliphatic carbocycles. The molecule has 1 amide bonds. The van der Waals surface area contributed by atoms with Crippen molar-refractivity contribution >= 4 is 21.6 Å². The highest BCUT2D eigenvalue weighted by Gasteiger charge is 2.33. The number of amides is 1. The minimum absolute atomic E-state index is 0.238. The van der Waals surface area contributed by atoms with E-state index in [0.29, 0.717) is 0 Å². The number of anilines is 1. The van der Waals surface area contributed by atoms with Gasteiger partial charge in [-0.15, -0.1) is 0 Å². The largest absolute Gasteiger partial charge is 0.343 e. The summed E-state index contributed by atoms with van der Waals surface area (Å²) in [6.45, 7) is 3.73. The second-order valence-electron chi connectivity index (χ2n) is 7.72. The molecule has 3 rings (SSSR count). The molecule has 0 spiro atoms. The van der Waals surface area contributed by atoms with E-state index in [4.69, 9.17) is 0 Å². The third kappa shape index (κ3) is 5.53. The first kappa shape index (κ1) is 23.5. The summed E-state index contributed by atoms with van der Waals surface area (Å²) in [5.41, 5.74) is 3.10. The summed E-state index contributed by atoms with van der Waals surface area (Å²) in [4.78, 5) is 13.4. The van der Waals surface area contributed by atoms with Gasteiger partial charge in [-0.25, -0.2) is 12.8 Å². The summed E-state index contributed by atoms with van der Waals surface area (Å²) in [7, 11) is -3.81. The summed E-state index contributed by atoms with van der Waals surface area (Å²) in [6.07, 6.45) is 1.28. The summed E-state index contributed by atoms with van der Waals surface area (Å²) >= 11 is 0. The molecule has 3 aromatic carbocycles. The van der Waals surface area contributed by atoms with Crippen molar-refractivity contribution in [1.82, 2.24) is 5.32 Å². The van der Waals surface area contributed by atoms with Crippen molar-refractivity contribution < 1.29 is 17.6 Å². The molecule has 0 saturated carbocycles. The van der Waals surface area contributed by atoms with Gasteiger partial charge in [-0.05, 0) is 48.7 Å². The molecule has 0 saturated heterocycles. The number of halogens is 1. The van der Waals surface area contributed by atoms with E-state index in [0.717, 1.165) is 27.3 Å². The lowest BCUT2D eigenvalue weighted by Crippen LogP contribution is -2.50. The van der Waals surface area contributed by atoms with Crippen molar-refractivity contribution in [3.05, 3.63) is 101 Å². The Labute approximate surface area is 188 Å². The maximum Gasteiger partial charge on any atom is 0.244 e. The van der Waals surface area contributed by atoms with Gasteiger partial charge in [0.2, 0.25) is 15.9 Å². The van der Waals surface area contributed by atoms with Crippen LogP contribution < -0.4 is 9.62 Å². The van der Waals surface area contributed by atoms with Gasteiger partial charge in [0.15, 0.2) is 0 Å². The standard InChI is InChI=1S/C25H27FN2O3S/c1-4-23(28(32(3,30)31)22-16-14-21(26)15-17-22)25(29)27-24(19-8-6-5-7-9-19)20-12-10-18(2)11-13-20/h5-17,23-24H,4H2,1-3H3,(H,27,29)/t23-,24+/m0/s1. The van der Waals surface area contributed by atoms with Gasteiger partial charge in [0.25, 0.3) is 0 Å². The molecular formula is C25H27FN2O3S. The number of aryl methyl sites for hydroxylation is 1. The molecule has 0 aliphatic rings. The zero-order valence-corrected chi connectivity index (χ0v) is 19.1. The van der Waals surface area contributed by atoms with E-state index in [9.17, 15) is 17.6 Å². The number of carbonyl (C=O) groups excluding carboxylic acids is 1. The van der Waals surface area contributed by atoms with Gasteiger partial charge < -0.3 is 5.32 Å². The van der Waals surface area contributed by atoms with Crippen LogP contribution in [0.4, 0.5) is 10.1 Å². The van der Waals surface area contributed by atoms with Gasteiger partial charge in [0.1, 0.15) is 11.9 Å². The summed E-state index contributed by atoms with van der Waals surface area (Å²) < 4.78 is 39.7. The van der Waals surface area contributed by atoms with Crippen molar-refractivity contribution in [1.29, 1.82) is 0 Å². The average Bonchev–Trinajstić information content (AvgIpc) is 2.77. The van der Waals surface area contributed by atoms with Crippen LogP contribution in [0.1, 0.15) is 36.1 Å². The predicted molar refractivity (Wildman–Crippen MR) is 125 cm³/mol. The molecule has 0 fully saturated rings. The van der Waals surface area contributed by atoms with Gasteiger partial charge in [-0.3, -0.25) is 9.10 Å². The van der Waals surface area contributed by atoms with E-state index in [1.54, 1.807) is 6.92 Å². The molecule has 0 bridgehead atoms. The van der Waals surface area contributed by atoms with E-state index >= 15 is 0 Å². The van der Waals surface area contributed by atoms with Crippen LogP contribution in [-0.2, 0) is 14.8 Å². The van der Waals surface area contributed by atoms with Gasteiger partial charge in [0, 0.05) is 0 Å². The zero-order chi connectivity index (χ0) is 23.3. The second kappa shape index (κ2) is 9.96. The molecule has 0 aliphatic heterocycles. The van der Waals surface area contributed by atoms with Crippen LogP contribution in [0.2, 0.25) is 0 Å². The van der Waals surface area contributed by atoms with Crippen LogP contribution in [0.5, 0.6) is 0 Å². The van der Waals surface area contributed by atoms with E-state index in [-0.39, 0.29) is 12.1 Å². The van der Waals surface area contributed by atoms with Crippen LogP contribution >= 0.6 is 0 Å². The van der Waals surface area contributed by atoms with Gasteiger partial charge in [0.05, 0.1) is 18.0 Å². The number of rotatable bonds is 8. The smallest absolute Gasteiger partial charge is 0.244 e. The van der Waals surface area contributed by atoms with Gasteiger partial charge in [-0.2, -0.15) is 0 Å². The molecule has 168 valence electrons. The number of hydrogen-bond donors (Lipinski definition) is 1. The Balaban J connectivity index is 1.98. The van der Waals surface area contributed by atoms with E-state index in [1.807, 2.05) is 61.5 Å². The summed E-state index contributed by atoms with van der Waals surface area (Å²) in [5.74, 6) is -0.917. The number of nitrogens with zero attached hydrogens (tertiary/aromatic N) is 1. The molecule has 32 heavy (non-hydrogen) atoms. The molecule has 5 nitrogen and oxygen atoms in total. The molecule has 1 N–H and O–H groups in total. The monoisotopic (exact) mass is 454 g/mol. The van der Waals surface area contributed by atoms with Crippen molar-refractivity contribution in [2.24, 2.45) is 0 Å². The van der Waals surface area contributed by atoms with Gasteiger partial charge >= 0.3 is 0 Å². The molecule has 7 heteroatoms. The Morgan fingerprint density at radius 2 is 1.50 bits per heavy atom. The normalized spacial score (nSPS) is 13.2. The van der Waals surface area contributed by atoms with Crippen molar-refractivity contribution in [3.63, 3.8) is 0 Å². The Kier molecular flexibility index (Phi) is 7.30. The Morgan fingerprint density at radius 1 is 0.938 bits per heavy atom. The molecule has 0 radical (unpaired) electrons. The molecular weight excluding hydrogens is 427 g/mol. The second-order valence-corrected chi connectivity index (χ2v) is 9.58. The predicted octanol–water partition coefficient (Wildman–Crippen LogP) is 4.58. The maximum atomic E-state index is 13.4. The fourth-order valence-electron chi connectivity index (χ4n) is 3.65. The van der Waals surface area contributed by atoms with Crippen molar-refractivity contribution in [3.8, 4) is 0 Å². The fourth-order valence-corrected chi connectivity index (χ4v) is 4.86. The maximum absolute atomic E-state index is 13.4. The number of nitrogens with one attached hydrogen (secondary N) is 1. The quantitative estimate of drug-likeness (QED) is 0.542. The van der Waals surface area contributed by atoms with Crippen LogP contribution in [0.25, 0.3) is 0 Å². The van der Waals surface area contributed by atoms with Crippen molar-refractivity contribution in [2.75, 3.05) is 10.6 Å². The van der Waals surface area contributed by atoms with E-state index in [1.165, 1.54) is 24.3 Å². The van der Waals surface area contributed by atoms with Crippen LogP contribution in [0, 0.1) is 12.7 Å². The Hall–Kier alpha value is -3.19. The third-order valence-corrected chi connectivity index (χ3v) is 6.42. The molecule has 0 heterocycles. The lowest BCUT2D eigenvalue weighted by molar-refractivity contribution is -0.122. The summed E-state index contributed by atoms with van der Waals surface area (Å²) in [6, 6.07) is 21.0. The molecule has 2 atom stereocenters. The van der Waals surface area contributed by atoms with Crippen LogP contribution in [-0.4, -0.2) is 26.6 Å². The highest BCUT2D eigenvalue weighted by molar-refractivity contribution is 7.92. The molecule has 3 aromatic rings. The first-order chi connectivity index (χ1) is 15.2. The topological polar surface area (TPSA) is 66.5 Å². The van der Waals surface area contributed by atoms with Crippen molar-refractivity contribution in [2.45, 2.75) is 32.4 Å². The lowest BCUT2D eigenvalue weighted by Gasteiger charge is -2.31. The van der Waals surface area contributed by atoms with E-state index in [2.05, 4.69) is 5.32 Å². The summed E-state index contributed by atoms with van der Waals surface area (Å²) in [5, 5.41) is 3.03. The van der Waals surface area contributed by atoms with Crippen LogP contribution in [0.15, 0.2) is 78.9 Å². The first-order valence-corrected chi connectivity index (χ1v) is 12.2. The zero-order valence-electron chi connectivity index (χ0n) is 18.3. The SMILES string of the molecule is CC[C@@H](C(=O)N[C@H](c1ccccc1)c1ccc(C)cc1)N(c1ccc(F)cc1)S(C)(=O)=O. The first-order valence-electron chi connectivity index (χ1n) is 10.4. The number of benzene rings is 3. The Bertz CT molecular complexity index is 1150. The number of sulfonamides is 1. The highest BCUT2D eigenvalue weighted by Crippen LogP contribution is 2.26. The lowest BCUT2D eigenvalue weighted by atomic mass is 9.97. The third-order valence-electron chi connectivity index (χ3n) is 5.24.